The molecule has 7 heteroatoms. The highest BCUT2D eigenvalue weighted by Gasteiger charge is 2.10. The van der Waals surface area contributed by atoms with Crippen LogP contribution in [0.1, 0.15) is 0 Å². The number of nitro groups is 1. The smallest absolute Gasteiger partial charge is 0.287 e. The lowest BCUT2D eigenvalue weighted by molar-refractivity contribution is -0.385. The Morgan fingerprint density at radius 2 is 2.29 bits per heavy atom. The molecule has 0 aromatic carbocycles. The number of rotatable bonds is 7. The number of aliphatic hydroxyl groups excluding tert-OH is 1. The lowest BCUT2D eigenvalue weighted by atomic mass is 10.3. The third-order valence-corrected chi connectivity index (χ3v) is 2.20. The molecule has 17 heavy (non-hydrogen) atoms. The molecular formula is C10H15N3O4. The Kier molecular flexibility index (Phi) is 5.31. The third-order valence-electron chi connectivity index (χ3n) is 2.20. The molecule has 1 heterocycles. The van der Waals surface area contributed by atoms with Gasteiger partial charge in [-0.05, 0) is 6.07 Å². The maximum atomic E-state index is 10.5. The highest BCUT2D eigenvalue weighted by atomic mass is 16.6. The zero-order valence-corrected chi connectivity index (χ0v) is 9.57. The molecule has 0 atom stereocenters. The average Bonchev–Trinajstić information content (AvgIpc) is 2.34. The number of aromatic nitrogens is 1. The summed E-state index contributed by atoms with van der Waals surface area (Å²) in [4.78, 5) is 15.8. The summed E-state index contributed by atoms with van der Waals surface area (Å²) < 4.78 is 4.94. The predicted octanol–water partition coefficient (Wildman–Crippen LogP) is 0.435. The van der Waals surface area contributed by atoms with Gasteiger partial charge < -0.3 is 14.7 Å². The maximum Gasteiger partial charge on any atom is 0.287 e. The largest absolute Gasteiger partial charge is 0.395 e. The summed E-state index contributed by atoms with van der Waals surface area (Å²) >= 11 is 0. The molecular weight excluding hydrogens is 226 g/mol. The van der Waals surface area contributed by atoms with Crippen molar-refractivity contribution in [3.63, 3.8) is 0 Å². The molecule has 94 valence electrons. The van der Waals surface area contributed by atoms with E-state index in [0.29, 0.717) is 25.5 Å². The highest BCUT2D eigenvalue weighted by molar-refractivity contribution is 5.42. The standard InChI is InChI=1S/C10H15N3O4/c1-17-7-5-12(4-6-14)10-3-2-9(8-11-10)13(15)16/h2-3,8,14H,4-7H2,1H3. The van der Waals surface area contributed by atoms with Crippen LogP contribution in [0.5, 0.6) is 0 Å². The molecule has 1 aromatic rings. The Labute approximate surface area is 98.8 Å². The highest BCUT2D eigenvalue weighted by Crippen LogP contribution is 2.15. The number of ether oxygens (including phenoxy) is 1. The molecule has 0 aliphatic carbocycles. The summed E-state index contributed by atoms with van der Waals surface area (Å²) in [5, 5.41) is 19.4. The first-order chi connectivity index (χ1) is 8.19. The van der Waals surface area contributed by atoms with Gasteiger partial charge in [0.2, 0.25) is 0 Å². The van der Waals surface area contributed by atoms with E-state index >= 15 is 0 Å². The van der Waals surface area contributed by atoms with Crippen LogP contribution in [0.3, 0.4) is 0 Å². The van der Waals surface area contributed by atoms with E-state index in [2.05, 4.69) is 4.98 Å². The van der Waals surface area contributed by atoms with Crippen LogP contribution in [0.2, 0.25) is 0 Å². The Morgan fingerprint density at radius 3 is 2.76 bits per heavy atom. The number of hydrogen-bond donors (Lipinski definition) is 1. The minimum Gasteiger partial charge on any atom is -0.395 e. The van der Waals surface area contributed by atoms with Crippen molar-refractivity contribution in [1.29, 1.82) is 0 Å². The fourth-order valence-corrected chi connectivity index (χ4v) is 1.34. The van der Waals surface area contributed by atoms with Gasteiger partial charge in [-0.15, -0.1) is 0 Å². The van der Waals surface area contributed by atoms with Crippen molar-refractivity contribution in [3.05, 3.63) is 28.4 Å². The van der Waals surface area contributed by atoms with E-state index < -0.39 is 4.92 Å². The molecule has 0 saturated heterocycles. The zero-order chi connectivity index (χ0) is 12.7. The van der Waals surface area contributed by atoms with Crippen LogP contribution in [0.4, 0.5) is 11.5 Å². The first kappa shape index (κ1) is 13.3. The molecule has 0 saturated carbocycles. The van der Waals surface area contributed by atoms with E-state index in [-0.39, 0.29) is 12.3 Å². The van der Waals surface area contributed by atoms with Gasteiger partial charge in [-0.1, -0.05) is 0 Å². The van der Waals surface area contributed by atoms with Crippen LogP contribution < -0.4 is 4.90 Å². The summed E-state index contributed by atoms with van der Waals surface area (Å²) in [5.41, 5.74) is -0.0514. The second kappa shape index (κ2) is 6.77. The molecule has 0 amide bonds. The first-order valence-electron chi connectivity index (χ1n) is 5.14. The molecule has 0 bridgehead atoms. The van der Waals surface area contributed by atoms with Crippen LogP contribution in [-0.2, 0) is 4.74 Å². The van der Waals surface area contributed by atoms with Gasteiger partial charge in [0.15, 0.2) is 0 Å². The van der Waals surface area contributed by atoms with Gasteiger partial charge in [0.05, 0.1) is 18.1 Å². The van der Waals surface area contributed by atoms with E-state index in [9.17, 15) is 10.1 Å². The van der Waals surface area contributed by atoms with E-state index in [1.54, 1.807) is 18.1 Å². The molecule has 0 aliphatic rings. The molecule has 0 unspecified atom stereocenters. The fraction of sp³-hybridized carbons (Fsp3) is 0.500. The van der Waals surface area contributed by atoms with Crippen molar-refractivity contribution in [2.75, 3.05) is 38.3 Å². The minimum absolute atomic E-state index is 0.0115. The predicted molar refractivity (Wildman–Crippen MR) is 62.1 cm³/mol. The summed E-state index contributed by atoms with van der Waals surface area (Å²) in [6.07, 6.45) is 1.20. The van der Waals surface area contributed by atoms with Crippen LogP contribution in [0.15, 0.2) is 18.3 Å². The second-order valence-electron chi connectivity index (χ2n) is 3.34. The number of methoxy groups -OCH3 is 1. The van der Waals surface area contributed by atoms with E-state index in [0.717, 1.165) is 0 Å². The maximum absolute atomic E-state index is 10.5. The second-order valence-corrected chi connectivity index (χ2v) is 3.34. The molecule has 0 radical (unpaired) electrons. The fourth-order valence-electron chi connectivity index (χ4n) is 1.34. The minimum atomic E-state index is -0.498. The molecule has 1 N–H and O–H groups in total. The van der Waals surface area contributed by atoms with E-state index in [1.807, 2.05) is 0 Å². The van der Waals surface area contributed by atoms with Gasteiger partial charge in [0.25, 0.3) is 5.69 Å². The quantitative estimate of drug-likeness (QED) is 0.550. The lowest BCUT2D eigenvalue weighted by Gasteiger charge is -2.21. The number of hydrogen-bond acceptors (Lipinski definition) is 6. The Hall–Kier alpha value is -1.73. The van der Waals surface area contributed by atoms with Crippen LogP contribution in [0, 0.1) is 10.1 Å². The lowest BCUT2D eigenvalue weighted by Crippen LogP contribution is -2.30. The average molecular weight is 241 g/mol. The summed E-state index contributed by atoms with van der Waals surface area (Å²) in [5.74, 6) is 0.585. The topological polar surface area (TPSA) is 88.7 Å². The SMILES string of the molecule is COCCN(CCO)c1ccc([N+](=O)[O-])cn1. The van der Waals surface area contributed by atoms with Gasteiger partial charge >= 0.3 is 0 Å². The molecule has 1 rings (SSSR count). The van der Waals surface area contributed by atoms with E-state index in [1.165, 1.54) is 12.3 Å². The summed E-state index contributed by atoms with van der Waals surface area (Å²) in [6.45, 7) is 1.47. The first-order valence-corrected chi connectivity index (χ1v) is 5.14. The van der Waals surface area contributed by atoms with Gasteiger partial charge in [-0.2, -0.15) is 0 Å². The van der Waals surface area contributed by atoms with Gasteiger partial charge in [0, 0.05) is 26.3 Å². The van der Waals surface area contributed by atoms with Crippen LogP contribution in [-0.4, -0.2) is 48.4 Å². The van der Waals surface area contributed by atoms with Gasteiger partial charge in [0.1, 0.15) is 12.0 Å². The number of anilines is 1. The Morgan fingerprint density at radius 1 is 1.53 bits per heavy atom. The van der Waals surface area contributed by atoms with E-state index in [4.69, 9.17) is 9.84 Å². The van der Waals surface area contributed by atoms with Gasteiger partial charge in [-0.25, -0.2) is 4.98 Å². The monoisotopic (exact) mass is 241 g/mol. The summed E-state index contributed by atoms with van der Waals surface area (Å²) in [6, 6.07) is 2.95. The van der Waals surface area contributed by atoms with Crippen molar-refractivity contribution in [2.24, 2.45) is 0 Å². The number of nitrogens with zero attached hydrogens (tertiary/aromatic N) is 3. The zero-order valence-electron chi connectivity index (χ0n) is 9.57. The molecule has 0 fully saturated rings. The molecule has 0 aliphatic heterocycles. The van der Waals surface area contributed by atoms with Crippen LogP contribution in [0.25, 0.3) is 0 Å². The number of pyridine rings is 1. The Bertz CT molecular complexity index is 355. The normalized spacial score (nSPS) is 10.2. The number of aliphatic hydroxyl groups is 1. The molecule has 1 aromatic heterocycles. The molecule has 7 nitrogen and oxygen atoms in total. The third kappa shape index (κ3) is 3.97. The molecule has 0 spiro atoms. The van der Waals surface area contributed by atoms with Crippen molar-refractivity contribution < 1.29 is 14.8 Å². The van der Waals surface area contributed by atoms with Gasteiger partial charge in [-0.3, -0.25) is 10.1 Å². The van der Waals surface area contributed by atoms with Crippen molar-refractivity contribution in [3.8, 4) is 0 Å². The van der Waals surface area contributed by atoms with Crippen molar-refractivity contribution in [2.45, 2.75) is 0 Å². The van der Waals surface area contributed by atoms with Crippen LogP contribution >= 0.6 is 0 Å². The van der Waals surface area contributed by atoms with Crippen molar-refractivity contribution in [1.82, 2.24) is 4.98 Å². The van der Waals surface area contributed by atoms with Crippen molar-refractivity contribution >= 4 is 11.5 Å². The summed E-state index contributed by atoms with van der Waals surface area (Å²) in [7, 11) is 1.58. The Balaban J connectivity index is 2.75.